The van der Waals surface area contributed by atoms with Crippen LogP contribution in [0.4, 0.5) is 0 Å². The number of rotatable bonds is 1. The molecule has 3 rings (SSSR count). The molecule has 0 aromatic carbocycles. The van der Waals surface area contributed by atoms with Gasteiger partial charge in [-0.1, -0.05) is 12.2 Å². The molecule has 0 unspecified atom stereocenters. The second-order valence-corrected chi connectivity index (χ2v) is 4.77. The fourth-order valence-electron chi connectivity index (χ4n) is 3.74. The Kier molecular flexibility index (Phi) is 1.68. The summed E-state index contributed by atoms with van der Waals surface area (Å²) in [5, 5.41) is 2.56. The summed E-state index contributed by atoms with van der Waals surface area (Å²) >= 11 is 4.69. The first-order valence-electron chi connectivity index (χ1n) is 5.14. The van der Waals surface area contributed by atoms with Crippen LogP contribution in [0.1, 0.15) is 19.3 Å². The SMILES string of the molecule is S=C=N[C@@H]1C[C@H]2C[C@@H]1[C@@H]1CC=C[C@H]21. The van der Waals surface area contributed by atoms with Gasteiger partial charge in [0.15, 0.2) is 0 Å². The molecular weight excluding hydrogens is 178 g/mol. The van der Waals surface area contributed by atoms with Crippen LogP contribution in [0, 0.1) is 23.7 Å². The molecule has 1 nitrogen and oxygen atoms in total. The maximum Gasteiger partial charge on any atom is 0.0636 e. The van der Waals surface area contributed by atoms with Crippen molar-refractivity contribution in [3.8, 4) is 0 Å². The third kappa shape index (κ3) is 0.992. The van der Waals surface area contributed by atoms with Gasteiger partial charge in [-0.3, -0.25) is 0 Å². The molecule has 2 fully saturated rings. The van der Waals surface area contributed by atoms with Gasteiger partial charge < -0.3 is 0 Å². The minimum Gasteiger partial charge on any atom is -0.229 e. The van der Waals surface area contributed by atoms with Crippen molar-refractivity contribution in [1.82, 2.24) is 0 Å². The van der Waals surface area contributed by atoms with Crippen molar-refractivity contribution in [2.75, 3.05) is 0 Å². The average Bonchev–Trinajstić information content (AvgIpc) is 2.72. The van der Waals surface area contributed by atoms with Crippen molar-refractivity contribution in [3.63, 3.8) is 0 Å². The molecule has 0 saturated heterocycles. The molecule has 5 atom stereocenters. The molecule has 0 spiro atoms. The van der Waals surface area contributed by atoms with Gasteiger partial charge in [0.2, 0.25) is 0 Å². The topological polar surface area (TPSA) is 12.4 Å². The number of thiocarbonyl (C=S) groups is 1. The predicted molar refractivity (Wildman–Crippen MR) is 55.8 cm³/mol. The average molecular weight is 191 g/mol. The summed E-state index contributed by atoms with van der Waals surface area (Å²) < 4.78 is 0. The molecule has 0 aliphatic heterocycles. The van der Waals surface area contributed by atoms with Gasteiger partial charge in [0.05, 0.1) is 11.2 Å². The van der Waals surface area contributed by atoms with Crippen LogP contribution in [0.25, 0.3) is 0 Å². The minimum absolute atomic E-state index is 0.517. The van der Waals surface area contributed by atoms with Crippen LogP contribution in [0.15, 0.2) is 17.1 Å². The van der Waals surface area contributed by atoms with Gasteiger partial charge in [-0.2, -0.15) is 0 Å². The fraction of sp³-hybridized carbons (Fsp3) is 0.727. The van der Waals surface area contributed by atoms with Gasteiger partial charge in [-0.05, 0) is 55.2 Å². The van der Waals surface area contributed by atoms with E-state index in [0.29, 0.717) is 6.04 Å². The number of aliphatic imine (C=N–C) groups is 1. The number of isothiocyanates is 1. The van der Waals surface area contributed by atoms with Gasteiger partial charge in [0, 0.05) is 0 Å². The fourth-order valence-corrected chi connectivity index (χ4v) is 3.87. The van der Waals surface area contributed by atoms with Gasteiger partial charge in [0.25, 0.3) is 0 Å². The normalized spacial score (nSPS) is 50.6. The standard InChI is InChI=1S/C11H13NS/c13-6-12-11-5-7-4-10(11)9-3-1-2-8(7)9/h1-2,7-11H,3-5H2/t7-,8-,9-,10-,11-/m1/s1. The van der Waals surface area contributed by atoms with Crippen molar-refractivity contribution < 1.29 is 0 Å². The Morgan fingerprint density at radius 1 is 1.31 bits per heavy atom. The van der Waals surface area contributed by atoms with Crippen LogP contribution in [0.2, 0.25) is 0 Å². The van der Waals surface area contributed by atoms with Gasteiger partial charge in [0.1, 0.15) is 0 Å². The molecule has 0 heterocycles. The zero-order chi connectivity index (χ0) is 8.84. The number of allylic oxidation sites excluding steroid dienone is 2. The Labute approximate surface area is 83.9 Å². The predicted octanol–water partition coefficient (Wildman–Crippen LogP) is 2.69. The van der Waals surface area contributed by atoms with Crippen molar-refractivity contribution in [2.45, 2.75) is 25.3 Å². The minimum atomic E-state index is 0.517. The van der Waals surface area contributed by atoms with E-state index in [1.807, 2.05) is 0 Å². The molecule has 3 aliphatic rings. The van der Waals surface area contributed by atoms with E-state index in [-0.39, 0.29) is 0 Å². The van der Waals surface area contributed by atoms with Crippen LogP contribution in [0.3, 0.4) is 0 Å². The lowest BCUT2D eigenvalue weighted by molar-refractivity contribution is 0.257. The van der Waals surface area contributed by atoms with E-state index in [0.717, 1.165) is 23.7 Å². The third-order valence-corrected chi connectivity index (χ3v) is 4.29. The molecule has 0 aromatic rings. The van der Waals surface area contributed by atoms with Crippen LogP contribution in [-0.2, 0) is 0 Å². The van der Waals surface area contributed by atoms with E-state index in [1.54, 1.807) is 0 Å². The van der Waals surface area contributed by atoms with E-state index in [1.165, 1.54) is 19.3 Å². The van der Waals surface area contributed by atoms with E-state index in [9.17, 15) is 0 Å². The monoisotopic (exact) mass is 191 g/mol. The zero-order valence-electron chi connectivity index (χ0n) is 7.52. The molecule has 13 heavy (non-hydrogen) atoms. The molecule has 0 amide bonds. The van der Waals surface area contributed by atoms with Gasteiger partial charge >= 0.3 is 0 Å². The van der Waals surface area contributed by atoms with Gasteiger partial charge in [-0.15, -0.1) is 0 Å². The first kappa shape index (κ1) is 7.90. The van der Waals surface area contributed by atoms with Crippen molar-refractivity contribution in [3.05, 3.63) is 12.2 Å². The number of hydrogen-bond donors (Lipinski definition) is 0. The summed E-state index contributed by atoms with van der Waals surface area (Å²) in [5.74, 6) is 3.52. The molecule has 2 bridgehead atoms. The lowest BCUT2D eigenvalue weighted by atomic mass is 9.79. The Balaban J connectivity index is 1.87. The van der Waals surface area contributed by atoms with Crippen molar-refractivity contribution in [1.29, 1.82) is 0 Å². The van der Waals surface area contributed by atoms with Crippen LogP contribution in [-0.4, -0.2) is 11.2 Å². The Morgan fingerprint density at radius 2 is 2.23 bits per heavy atom. The third-order valence-electron chi connectivity index (χ3n) is 4.19. The molecule has 0 N–H and O–H groups in total. The second-order valence-electron chi connectivity index (χ2n) is 4.59. The van der Waals surface area contributed by atoms with Crippen LogP contribution >= 0.6 is 12.2 Å². The van der Waals surface area contributed by atoms with Crippen LogP contribution < -0.4 is 0 Å². The van der Waals surface area contributed by atoms with Crippen LogP contribution in [0.5, 0.6) is 0 Å². The molecule has 3 aliphatic carbocycles. The Bertz CT molecular complexity index is 303. The highest BCUT2D eigenvalue weighted by Gasteiger charge is 2.52. The maximum atomic E-state index is 4.69. The Hall–Kier alpha value is -0.460. The summed E-state index contributed by atoms with van der Waals surface area (Å²) in [6.45, 7) is 0. The first-order valence-corrected chi connectivity index (χ1v) is 5.54. The number of nitrogens with zero attached hydrogens (tertiary/aromatic N) is 1. The lowest BCUT2D eigenvalue weighted by Gasteiger charge is -2.28. The van der Waals surface area contributed by atoms with Crippen molar-refractivity contribution >= 4 is 17.4 Å². The first-order chi connectivity index (χ1) is 6.40. The summed E-state index contributed by atoms with van der Waals surface area (Å²) in [6, 6.07) is 0.517. The molecule has 2 heteroatoms. The maximum absolute atomic E-state index is 4.69. The molecule has 2 saturated carbocycles. The quantitative estimate of drug-likeness (QED) is 0.352. The summed E-state index contributed by atoms with van der Waals surface area (Å²) in [4.78, 5) is 4.30. The highest BCUT2D eigenvalue weighted by molar-refractivity contribution is 7.78. The van der Waals surface area contributed by atoms with Crippen molar-refractivity contribution in [2.24, 2.45) is 28.7 Å². The van der Waals surface area contributed by atoms with E-state index >= 15 is 0 Å². The highest BCUT2D eigenvalue weighted by Crippen LogP contribution is 2.57. The largest absolute Gasteiger partial charge is 0.229 e. The second kappa shape index (κ2) is 2.76. The van der Waals surface area contributed by atoms with E-state index < -0.39 is 0 Å². The Morgan fingerprint density at radius 3 is 3.08 bits per heavy atom. The summed E-state index contributed by atoms with van der Waals surface area (Å²) in [7, 11) is 0. The lowest BCUT2D eigenvalue weighted by Crippen LogP contribution is -2.26. The number of fused-ring (bicyclic) bond motifs is 5. The number of hydrogen-bond acceptors (Lipinski definition) is 2. The molecule has 0 aromatic heterocycles. The summed E-state index contributed by atoms with van der Waals surface area (Å²) in [5.41, 5.74) is 0. The summed E-state index contributed by atoms with van der Waals surface area (Å²) in [6.07, 6.45) is 8.74. The highest BCUT2D eigenvalue weighted by atomic mass is 32.1. The molecular formula is C11H13NS. The smallest absolute Gasteiger partial charge is 0.0636 e. The molecule has 68 valence electrons. The molecule has 0 radical (unpaired) electrons. The zero-order valence-corrected chi connectivity index (χ0v) is 8.33. The van der Waals surface area contributed by atoms with E-state index in [4.69, 9.17) is 12.2 Å². The van der Waals surface area contributed by atoms with E-state index in [2.05, 4.69) is 22.3 Å². The van der Waals surface area contributed by atoms with Gasteiger partial charge in [-0.25, -0.2) is 4.99 Å².